The second-order valence-electron chi connectivity index (χ2n) is 8.64. The fraction of sp³-hybridized carbons (Fsp3) is 0.167. The summed E-state index contributed by atoms with van der Waals surface area (Å²) >= 11 is 2.90. The van der Waals surface area contributed by atoms with Crippen molar-refractivity contribution >= 4 is 34.1 Å². The summed E-state index contributed by atoms with van der Waals surface area (Å²) in [7, 11) is 4.92. The Morgan fingerprint density at radius 3 is 1.93 bits per heavy atom. The van der Waals surface area contributed by atoms with E-state index in [1.165, 1.54) is 23.1 Å². The monoisotopic (exact) mass is 572 g/mol. The second kappa shape index (κ2) is 12.7. The maximum absolute atomic E-state index is 12.6. The molecule has 0 aliphatic rings. The number of carbonyl (C=O) groups excluding carboxylic acids is 1. The van der Waals surface area contributed by atoms with Gasteiger partial charge in [-0.1, -0.05) is 11.8 Å². The average molecular weight is 573 g/mol. The van der Waals surface area contributed by atoms with Crippen LogP contribution in [0, 0.1) is 0 Å². The molecule has 0 radical (unpaired) electrons. The van der Waals surface area contributed by atoms with E-state index in [0.717, 1.165) is 56.2 Å². The summed E-state index contributed by atoms with van der Waals surface area (Å²) in [6.07, 6.45) is 0.318. The molecule has 0 aliphatic heterocycles. The van der Waals surface area contributed by atoms with E-state index in [2.05, 4.69) is 15.3 Å². The van der Waals surface area contributed by atoms with Crippen LogP contribution in [0.3, 0.4) is 0 Å². The van der Waals surface area contributed by atoms with Gasteiger partial charge < -0.3 is 24.5 Å². The number of carbonyl (C=O) groups is 1. The molecular weight excluding hydrogens is 544 g/mol. The first kappa shape index (κ1) is 27.3. The number of benzene rings is 3. The third-order valence-corrected chi connectivity index (χ3v) is 7.76. The number of hydrogen-bond donors (Lipinski definition) is 2. The minimum atomic E-state index is -0.0968. The molecule has 0 saturated heterocycles. The van der Waals surface area contributed by atoms with E-state index in [1.54, 1.807) is 21.3 Å². The van der Waals surface area contributed by atoms with Gasteiger partial charge in [0.05, 0.1) is 38.4 Å². The molecule has 0 unspecified atom stereocenters. The molecule has 5 rings (SSSR count). The van der Waals surface area contributed by atoms with Gasteiger partial charge in [-0.2, -0.15) is 0 Å². The molecule has 0 aliphatic carbocycles. The zero-order valence-electron chi connectivity index (χ0n) is 22.3. The number of hydrogen-bond acceptors (Lipinski definition) is 8. The molecule has 204 valence electrons. The van der Waals surface area contributed by atoms with Gasteiger partial charge in [0.15, 0.2) is 10.3 Å². The van der Waals surface area contributed by atoms with Gasteiger partial charge in [0.2, 0.25) is 5.91 Å². The van der Waals surface area contributed by atoms with E-state index < -0.39 is 0 Å². The summed E-state index contributed by atoms with van der Waals surface area (Å²) in [5, 5.41) is 6.14. The molecule has 2 aromatic heterocycles. The molecule has 0 atom stereocenters. The number of nitrogens with one attached hydrogen (secondary N) is 2. The fourth-order valence-corrected chi connectivity index (χ4v) is 5.54. The van der Waals surface area contributed by atoms with Crippen molar-refractivity contribution in [3.8, 4) is 51.0 Å². The molecular formula is C30H28N4O4S2. The van der Waals surface area contributed by atoms with E-state index in [9.17, 15) is 4.79 Å². The van der Waals surface area contributed by atoms with Crippen LogP contribution >= 0.6 is 23.1 Å². The quantitative estimate of drug-likeness (QED) is 0.164. The van der Waals surface area contributed by atoms with Crippen LogP contribution in [0.4, 0.5) is 5.13 Å². The van der Waals surface area contributed by atoms with E-state index in [0.29, 0.717) is 17.3 Å². The number of aromatic nitrogens is 3. The van der Waals surface area contributed by atoms with Gasteiger partial charge in [0.25, 0.3) is 0 Å². The number of imidazole rings is 1. The Bertz CT molecular complexity index is 1500. The number of aromatic amines is 1. The summed E-state index contributed by atoms with van der Waals surface area (Å²) in [5.41, 5.74) is 5.45. The van der Waals surface area contributed by atoms with Crippen LogP contribution in [0.25, 0.3) is 33.8 Å². The number of nitrogens with zero attached hydrogens (tertiary/aromatic N) is 2. The Kier molecular flexibility index (Phi) is 8.68. The van der Waals surface area contributed by atoms with Gasteiger partial charge in [-0.25, -0.2) is 9.97 Å². The average Bonchev–Trinajstić information content (AvgIpc) is 3.65. The maximum atomic E-state index is 12.6. The number of methoxy groups -OCH3 is 3. The molecule has 8 nitrogen and oxygen atoms in total. The minimum Gasteiger partial charge on any atom is -0.497 e. The molecule has 0 spiro atoms. The topological polar surface area (TPSA) is 98.4 Å². The summed E-state index contributed by atoms with van der Waals surface area (Å²) in [6.45, 7) is 0. The Balaban J connectivity index is 1.24. The van der Waals surface area contributed by atoms with Crippen molar-refractivity contribution in [3.05, 3.63) is 78.2 Å². The molecule has 0 fully saturated rings. The molecule has 10 heteroatoms. The highest BCUT2D eigenvalue weighted by molar-refractivity contribution is 7.99. The summed E-state index contributed by atoms with van der Waals surface area (Å²) in [6, 6.07) is 23.3. The van der Waals surface area contributed by atoms with Crippen LogP contribution in [0.2, 0.25) is 0 Å². The van der Waals surface area contributed by atoms with Crippen molar-refractivity contribution in [1.29, 1.82) is 0 Å². The fourth-order valence-electron chi connectivity index (χ4n) is 3.99. The molecule has 40 heavy (non-hydrogen) atoms. The molecule has 2 heterocycles. The Labute approximate surface area is 240 Å². The first-order valence-corrected chi connectivity index (χ1v) is 14.3. The first-order valence-electron chi connectivity index (χ1n) is 12.5. The molecule has 1 amide bonds. The smallest absolute Gasteiger partial charge is 0.226 e. The minimum absolute atomic E-state index is 0.0968. The van der Waals surface area contributed by atoms with Crippen LogP contribution in [0.5, 0.6) is 17.2 Å². The third-order valence-electron chi connectivity index (χ3n) is 6.13. The highest BCUT2D eigenvalue weighted by atomic mass is 32.2. The lowest BCUT2D eigenvalue weighted by molar-refractivity contribution is -0.115. The lowest BCUT2D eigenvalue weighted by Crippen LogP contribution is -2.12. The third kappa shape index (κ3) is 6.47. The summed E-state index contributed by atoms with van der Waals surface area (Å²) in [4.78, 5) is 25.5. The van der Waals surface area contributed by atoms with Crippen molar-refractivity contribution in [1.82, 2.24) is 15.0 Å². The SMILES string of the molecule is COc1ccc(-c2csc(NC(=O)CCSc3nc(-c4ccc(OC)cc4)c(-c4ccc(OC)cc4)[nH]3)n2)cc1. The van der Waals surface area contributed by atoms with Crippen molar-refractivity contribution in [2.45, 2.75) is 11.6 Å². The van der Waals surface area contributed by atoms with Crippen molar-refractivity contribution < 1.29 is 19.0 Å². The molecule has 5 aromatic rings. The van der Waals surface area contributed by atoms with Crippen molar-refractivity contribution in [3.63, 3.8) is 0 Å². The van der Waals surface area contributed by atoms with E-state index in [1.807, 2.05) is 78.2 Å². The number of anilines is 1. The van der Waals surface area contributed by atoms with Gasteiger partial charge in [0.1, 0.15) is 17.2 Å². The number of thioether (sulfide) groups is 1. The Morgan fingerprint density at radius 2 is 1.35 bits per heavy atom. The van der Waals surface area contributed by atoms with E-state index >= 15 is 0 Å². The van der Waals surface area contributed by atoms with Crippen LogP contribution in [-0.4, -0.2) is 47.9 Å². The van der Waals surface area contributed by atoms with Crippen LogP contribution in [-0.2, 0) is 4.79 Å². The summed E-state index contributed by atoms with van der Waals surface area (Å²) in [5.74, 6) is 2.81. The highest BCUT2D eigenvalue weighted by Gasteiger charge is 2.16. The number of rotatable bonds is 11. The lowest BCUT2D eigenvalue weighted by Gasteiger charge is -2.06. The zero-order chi connectivity index (χ0) is 27.9. The predicted octanol–water partition coefficient (Wildman–Crippen LogP) is 7.01. The molecule has 2 N–H and O–H groups in total. The van der Waals surface area contributed by atoms with Gasteiger partial charge in [0, 0.05) is 34.2 Å². The van der Waals surface area contributed by atoms with Gasteiger partial charge in [-0.3, -0.25) is 4.79 Å². The Morgan fingerprint density at radius 1 is 0.800 bits per heavy atom. The van der Waals surface area contributed by atoms with Crippen LogP contribution in [0.15, 0.2) is 83.3 Å². The van der Waals surface area contributed by atoms with Gasteiger partial charge >= 0.3 is 0 Å². The number of thiazole rings is 1. The molecule has 3 aromatic carbocycles. The Hall–Kier alpha value is -4.28. The maximum Gasteiger partial charge on any atom is 0.226 e. The molecule has 0 saturated carbocycles. The van der Waals surface area contributed by atoms with Crippen molar-refractivity contribution in [2.75, 3.05) is 32.4 Å². The van der Waals surface area contributed by atoms with Gasteiger partial charge in [-0.05, 0) is 72.8 Å². The first-order chi connectivity index (χ1) is 19.6. The molecule has 0 bridgehead atoms. The zero-order valence-corrected chi connectivity index (χ0v) is 23.9. The normalized spacial score (nSPS) is 10.8. The standard InChI is InChI=1S/C30H28N4O4S2/c1-36-22-10-4-19(5-11-22)25-18-40-29(31-25)32-26(35)16-17-39-30-33-27(20-6-12-23(37-2)13-7-20)28(34-30)21-8-14-24(38-3)15-9-21/h4-15,18H,16-17H2,1-3H3,(H,33,34)(H,31,32,35). The van der Waals surface area contributed by atoms with Crippen LogP contribution in [0.1, 0.15) is 6.42 Å². The lowest BCUT2D eigenvalue weighted by atomic mass is 10.0. The number of amides is 1. The predicted molar refractivity (Wildman–Crippen MR) is 161 cm³/mol. The van der Waals surface area contributed by atoms with E-state index in [4.69, 9.17) is 19.2 Å². The van der Waals surface area contributed by atoms with Crippen molar-refractivity contribution in [2.24, 2.45) is 0 Å². The largest absolute Gasteiger partial charge is 0.497 e. The number of ether oxygens (including phenoxy) is 3. The van der Waals surface area contributed by atoms with E-state index in [-0.39, 0.29) is 5.91 Å². The van der Waals surface area contributed by atoms with Crippen LogP contribution < -0.4 is 19.5 Å². The highest BCUT2D eigenvalue weighted by Crippen LogP contribution is 2.34. The van der Waals surface area contributed by atoms with Gasteiger partial charge in [-0.15, -0.1) is 11.3 Å². The summed E-state index contributed by atoms with van der Waals surface area (Å²) < 4.78 is 15.8. The second-order valence-corrected chi connectivity index (χ2v) is 10.6. The number of H-pyrrole nitrogens is 1.